The van der Waals surface area contributed by atoms with E-state index < -0.39 is 0 Å². The quantitative estimate of drug-likeness (QED) is 0.773. The molecule has 0 aromatic carbocycles. The first-order valence-corrected chi connectivity index (χ1v) is 4.67. The van der Waals surface area contributed by atoms with Crippen LogP contribution in [0.3, 0.4) is 0 Å². The molecule has 1 fully saturated rings. The molecule has 0 radical (unpaired) electrons. The molecule has 0 spiro atoms. The molecular weight excluding hydrogens is 220 g/mol. The average Bonchev–Trinajstić information content (AvgIpc) is 2.58. The maximum absolute atomic E-state index is 11.2. The van der Waals surface area contributed by atoms with Gasteiger partial charge in [-0.25, -0.2) is 0 Å². The highest BCUT2D eigenvalue weighted by Crippen LogP contribution is 2.19. The predicted molar refractivity (Wildman–Crippen MR) is 48.8 cm³/mol. The van der Waals surface area contributed by atoms with E-state index in [1.54, 1.807) is 0 Å². The predicted octanol–water partition coefficient (Wildman–Crippen LogP) is 1.31. The first-order valence-electron chi connectivity index (χ1n) is 3.88. The molecule has 0 saturated carbocycles. The summed E-state index contributed by atoms with van der Waals surface area (Å²) in [4.78, 5) is 11.2. The lowest BCUT2D eigenvalue weighted by Crippen LogP contribution is -2.20. The van der Waals surface area contributed by atoms with Crippen molar-refractivity contribution in [1.82, 2.24) is 9.88 Å². The Bertz CT molecular complexity index is 308. The number of carbonyl (C=O) groups excluding carboxylic acids is 1. The van der Waals surface area contributed by atoms with Crippen LogP contribution in [0.25, 0.3) is 0 Å². The number of rotatable bonds is 1. The number of halogens is 1. The molecule has 2 rings (SSSR count). The first-order chi connectivity index (χ1) is 5.77. The summed E-state index contributed by atoms with van der Waals surface area (Å²) in [5.41, 5.74) is 0. The highest BCUT2D eigenvalue weighted by Gasteiger charge is 2.24. The lowest BCUT2D eigenvalue weighted by Gasteiger charge is -2.07. The molecule has 1 saturated heterocycles. The van der Waals surface area contributed by atoms with Gasteiger partial charge in [0.15, 0.2) is 0 Å². The number of carbonyl (C=O) groups is 1. The molecule has 1 aromatic rings. The highest BCUT2D eigenvalue weighted by atomic mass is 79.9. The minimum atomic E-state index is -0.00343. The SMILES string of the molecule is O=C1NCCC1n1ccc(Br)c1. The van der Waals surface area contributed by atoms with Gasteiger partial charge < -0.3 is 9.88 Å². The van der Waals surface area contributed by atoms with Gasteiger partial charge in [-0.1, -0.05) is 0 Å². The van der Waals surface area contributed by atoms with Crippen molar-refractivity contribution in [3.05, 3.63) is 22.9 Å². The minimum absolute atomic E-state index is 0.00343. The summed E-state index contributed by atoms with van der Waals surface area (Å²) in [6.07, 6.45) is 4.73. The Labute approximate surface area is 78.9 Å². The molecule has 64 valence electrons. The van der Waals surface area contributed by atoms with Crippen LogP contribution in [0.4, 0.5) is 0 Å². The molecule has 0 bridgehead atoms. The summed E-state index contributed by atoms with van der Waals surface area (Å²) in [6.45, 7) is 0.791. The maximum atomic E-state index is 11.2. The van der Waals surface area contributed by atoms with Gasteiger partial charge in [-0.05, 0) is 28.4 Å². The monoisotopic (exact) mass is 228 g/mol. The second-order valence-electron chi connectivity index (χ2n) is 2.87. The van der Waals surface area contributed by atoms with Gasteiger partial charge in [0.1, 0.15) is 6.04 Å². The van der Waals surface area contributed by atoms with Crippen molar-refractivity contribution in [3.63, 3.8) is 0 Å². The number of nitrogens with one attached hydrogen (secondary N) is 1. The van der Waals surface area contributed by atoms with Gasteiger partial charge in [0, 0.05) is 23.4 Å². The molecule has 1 aliphatic heterocycles. The topological polar surface area (TPSA) is 34.0 Å². The van der Waals surface area contributed by atoms with E-state index in [0.29, 0.717) is 0 Å². The van der Waals surface area contributed by atoms with Crippen LogP contribution >= 0.6 is 15.9 Å². The number of aromatic nitrogens is 1. The van der Waals surface area contributed by atoms with Gasteiger partial charge in [-0.3, -0.25) is 4.79 Å². The normalized spacial score (nSPS) is 22.8. The second-order valence-corrected chi connectivity index (χ2v) is 3.79. The van der Waals surface area contributed by atoms with Crippen LogP contribution in [0.5, 0.6) is 0 Å². The van der Waals surface area contributed by atoms with Gasteiger partial charge in [0.25, 0.3) is 0 Å². The van der Waals surface area contributed by atoms with Gasteiger partial charge in [-0.15, -0.1) is 0 Å². The molecule has 4 heteroatoms. The van der Waals surface area contributed by atoms with Crippen LogP contribution in [0, 0.1) is 0 Å². The third-order valence-electron chi connectivity index (χ3n) is 2.06. The lowest BCUT2D eigenvalue weighted by atomic mass is 10.2. The molecule has 1 aromatic heterocycles. The zero-order valence-electron chi connectivity index (χ0n) is 6.46. The fourth-order valence-electron chi connectivity index (χ4n) is 1.45. The summed E-state index contributed by atoms with van der Waals surface area (Å²) >= 11 is 3.35. The van der Waals surface area contributed by atoms with Crippen LogP contribution in [0.15, 0.2) is 22.9 Å². The Balaban J connectivity index is 2.24. The van der Waals surface area contributed by atoms with Crippen molar-refractivity contribution in [2.75, 3.05) is 6.54 Å². The molecule has 2 heterocycles. The van der Waals surface area contributed by atoms with Crippen LogP contribution in [0.1, 0.15) is 12.5 Å². The van der Waals surface area contributed by atoms with Crippen molar-refractivity contribution in [2.24, 2.45) is 0 Å². The summed E-state index contributed by atoms with van der Waals surface area (Å²) in [7, 11) is 0. The maximum Gasteiger partial charge on any atom is 0.243 e. The molecule has 1 amide bonds. The molecule has 3 nitrogen and oxygen atoms in total. The van der Waals surface area contributed by atoms with E-state index in [9.17, 15) is 4.79 Å². The number of hydrogen-bond donors (Lipinski definition) is 1. The van der Waals surface area contributed by atoms with Crippen molar-refractivity contribution in [3.8, 4) is 0 Å². The fraction of sp³-hybridized carbons (Fsp3) is 0.375. The number of nitrogens with zero attached hydrogens (tertiary/aromatic N) is 1. The summed E-state index contributed by atoms with van der Waals surface area (Å²) < 4.78 is 2.95. The van der Waals surface area contributed by atoms with Gasteiger partial charge in [0.2, 0.25) is 5.91 Å². The Kier molecular flexibility index (Phi) is 1.92. The van der Waals surface area contributed by atoms with E-state index in [1.807, 2.05) is 23.0 Å². The van der Waals surface area contributed by atoms with E-state index in [0.717, 1.165) is 17.4 Å². The minimum Gasteiger partial charge on any atom is -0.354 e. The van der Waals surface area contributed by atoms with Gasteiger partial charge in [0.05, 0.1) is 0 Å². The third kappa shape index (κ3) is 1.27. The van der Waals surface area contributed by atoms with Crippen molar-refractivity contribution >= 4 is 21.8 Å². The molecule has 1 N–H and O–H groups in total. The van der Waals surface area contributed by atoms with Gasteiger partial charge in [-0.2, -0.15) is 0 Å². The number of hydrogen-bond acceptors (Lipinski definition) is 1. The Morgan fingerprint density at radius 1 is 1.67 bits per heavy atom. The third-order valence-corrected chi connectivity index (χ3v) is 2.53. The van der Waals surface area contributed by atoms with Crippen LogP contribution in [-0.2, 0) is 4.79 Å². The molecule has 1 aliphatic rings. The van der Waals surface area contributed by atoms with Crippen molar-refractivity contribution in [2.45, 2.75) is 12.5 Å². The summed E-state index contributed by atoms with van der Waals surface area (Å²) in [6, 6.07) is 1.93. The standard InChI is InChI=1S/C8H9BrN2O/c9-6-2-4-11(5-6)7-1-3-10-8(7)12/h2,4-5,7H,1,3H2,(H,10,12). The van der Waals surface area contributed by atoms with E-state index in [2.05, 4.69) is 21.2 Å². The van der Waals surface area contributed by atoms with Gasteiger partial charge >= 0.3 is 0 Å². The van der Waals surface area contributed by atoms with Crippen molar-refractivity contribution in [1.29, 1.82) is 0 Å². The first kappa shape index (κ1) is 7.86. The Morgan fingerprint density at radius 2 is 2.50 bits per heavy atom. The second kappa shape index (κ2) is 2.94. The van der Waals surface area contributed by atoms with Crippen molar-refractivity contribution < 1.29 is 4.79 Å². The lowest BCUT2D eigenvalue weighted by molar-refractivity contribution is -0.121. The zero-order chi connectivity index (χ0) is 8.55. The molecule has 1 unspecified atom stereocenters. The van der Waals surface area contributed by atoms with E-state index in [-0.39, 0.29) is 11.9 Å². The highest BCUT2D eigenvalue weighted by molar-refractivity contribution is 9.10. The van der Waals surface area contributed by atoms with E-state index >= 15 is 0 Å². The van der Waals surface area contributed by atoms with E-state index in [4.69, 9.17) is 0 Å². The van der Waals surface area contributed by atoms with Crippen LogP contribution < -0.4 is 5.32 Å². The van der Waals surface area contributed by atoms with E-state index in [1.165, 1.54) is 0 Å². The zero-order valence-corrected chi connectivity index (χ0v) is 8.04. The summed E-state index contributed by atoms with van der Waals surface area (Å²) in [5.74, 6) is 0.123. The van der Waals surface area contributed by atoms with Crippen LogP contribution in [-0.4, -0.2) is 17.0 Å². The molecular formula is C8H9BrN2O. The number of amides is 1. The summed E-state index contributed by atoms with van der Waals surface area (Å²) in [5, 5.41) is 2.80. The Hall–Kier alpha value is -0.770. The Morgan fingerprint density at radius 3 is 3.00 bits per heavy atom. The average molecular weight is 229 g/mol. The smallest absolute Gasteiger partial charge is 0.243 e. The van der Waals surface area contributed by atoms with Crippen LogP contribution in [0.2, 0.25) is 0 Å². The molecule has 1 atom stereocenters. The molecule has 0 aliphatic carbocycles. The molecule has 12 heavy (non-hydrogen) atoms. The largest absolute Gasteiger partial charge is 0.354 e. The fourth-order valence-corrected chi connectivity index (χ4v) is 1.80.